The summed E-state index contributed by atoms with van der Waals surface area (Å²) in [4.78, 5) is 5.03. The van der Waals surface area contributed by atoms with Crippen LogP contribution < -0.4 is 4.90 Å². The number of rotatable bonds is 1. The minimum Gasteiger partial charge on any atom is -0.362 e. The van der Waals surface area contributed by atoms with Crippen LogP contribution in [0, 0.1) is 0 Å². The molecule has 0 radical (unpaired) electrons. The van der Waals surface area contributed by atoms with Crippen molar-refractivity contribution in [3.05, 3.63) is 22.3 Å². The number of alkyl halides is 3. The lowest BCUT2D eigenvalue weighted by molar-refractivity contribution is -0.137. The molecule has 0 atom stereocenters. The number of hydrogen-bond acceptors (Lipinski definition) is 2. The highest BCUT2D eigenvalue weighted by molar-refractivity contribution is 9.10. The third-order valence-electron chi connectivity index (χ3n) is 1.56. The van der Waals surface area contributed by atoms with E-state index in [0.29, 0.717) is 4.47 Å². The molecule has 0 spiro atoms. The Morgan fingerprint density at radius 2 is 1.93 bits per heavy atom. The molecule has 0 aliphatic heterocycles. The van der Waals surface area contributed by atoms with Gasteiger partial charge in [-0.2, -0.15) is 13.2 Å². The van der Waals surface area contributed by atoms with Crippen LogP contribution >= 0.6 is 15.9 Å². The van der Waals surface area contributed by atoms with Crippen molar-refractivity contribution in [3.8, 4) is 0 Å². The molecule has 14 heavy (non-hydrogen) atoms. The van der Waals surface area contributed by atoms with Gasteiger partial charge in [-0.05, 0) is 22.0 Å². The quantitative estimate of drug-likeness (QED) is 0.779. The SMILES string of the molecule is CN(C)c1ncc(Br)cc1C(F)(F)F. The molecule has 1 heterocycles. The summed E-state index contributed by atoms with van der Waals surface area (Å²) in [6.07, 6.45) is -3.04. The van der Waals surface area contributed by atoms with E-state index in [0.717, 1.165) is 6.07 Å². The van der Waals surface area contributed by atoms with Gasteiger partial charge in [0.25, 0.3) is 0 Å². The molecular weight excluding hydrogens is 261 g/mol. The van der Waals surface area contributed by atoms with Crippen molar-refractivity contribution in [3.63, 3.8) is 0 Å². The molecule has 6 heteroatoms. The zero-order valence-electron chi connectivity index (χ0n) is 7.56. The van der Waals surface area contributed by atoms with Crippen molar-refractivity contribution in [1.29, 1.82) is 0 Å². The summed E-state index contributed by atoms with van der Waals surface area (Å²) in [5, 5.41) is 0. The molecule has 2 nitrogen and oxygen atoms in total. The Morgan fingerprint density at radius 1 is 1.36 bits per heavy atom. The molecule has 0 bridgehead atoms. The van der Waals surface area contributed by atoms with E-state index < -0.39 is 11.7 Å². The van der Waals surface area contributed by atoms with Crippen LogP contribution in [-0.2, 0) is 6.18 Å². The van der Waals surface area contributed by atoms with Crippen molar-refractivity contribution in [1.82, 2.24) is 4.98 Å². The minimum atomic E-state index is -4.38. The van der Waals surface area contributed by atoms with E-state index in [1.54, 1.807) is 0 Å². The Balaban J connectivity index is 3.30. The van der Waals surface area contributed by atoms with Gasteiger partial charge in [0.1, 0.15) is 5.82 Å². The van der Waals surface area contributed by atoms with Gasteiger partial charge in [0.05, 0.1) is 5.56 Å². The van der Waals surface area contributed by atoms with E-state index in [1.807, 2.05) is 0 Å². The lowest BCUT2D eigenvalue weighted by Crippen LogP contribution is -2.18. The van der Waals surface area contributed by atoms with Crippen molar-refractivity contribution in [2.75, 3.05) is 19.0 Å². The van der Waals surface area contributed by atoms with Crippen LogP contribution in [0.5, 0.6) is 0 Å². The van der Waals surface area contributed by atoms with Gasteiger partial charge in [-0.1, -0.05) is 0 Å². The number of pyridine rings is 1. The fraction of sp³-hybridized carbons (Fsp3) is 0.375. The Kier molecular flexibility index (Phi) is 3.04. The summed E-state index contributed by atoms with van der Waals surface area (Å²) < 4.78 is 37.8. The molecule has 0 saturated heterocycles. The maximum absolute atomic E-state index is 12.5. The topological polar surface area (TPSA) is 16.1 Å². The first-order valence-electron chi connectivity index (χ1n) is 3.72. The Labute approximate surface area is 87.9 Å². The van der Waals surface area contributed by atoms with Gasteiger partial charge in [0.15, 0.2) is 0 Å². The Hall–Kier alpha value is -0.780. The monoisotopic (exact) mass is 268 g/mol. The van der Waals surface area contributed by atoms with Gasteiger partial charge in [-0.15, -0.1) is 0 Å². The van der Waals surface area contributed by atoms with Crippen LogP contribution in [0.25, 0.3) is 0 Å². The van der Waals surface area contributed by atoms with Crippen LogP contribution in [0.3, 0.4) is 0 Å². The van der Waals surface area contributed by atoms with Crippen LogP contribution in [0.2, 0.25) is 0 Å². The van der Waals surface area contributed by atoms with Gasteiger partial charge in [-0.3, -0.25) is 0 Å². The van der Waals surface area contributed by atoms with E-state index in [9.17, 15) is 13.2 Å². The molecule has 1 rings (SSSR count). The zero-order chi connectivity index (χ0) is 10.9. The Morgan fingerprint density at radius 3 is 2.36 bits per heavy atom. The summed E-state index contributed by atoms with van der Waals surface area (Å²) in [5.74, 6) is -0.0827. The standard InChI is InChI=1S/C8H8BrF3N2/c1-14(2)7-6(8(10,11)12)3-5(9)4-13-7/h3-4H,1-2H3. The fourth-order valence-corrected chi connectivity index (χ4v) is 1.33. The van der Waals surface area contributed by atoms with E-state index >= 15 is 0 Å². The molecule has 0 N–H and O–H groups in total. The van der Waals surface area contributed by atoms with Crippen LogP contribution in [0.4, 0.5) is 19.0 Å². The summed E-state index contributed by atoms with van der Waals surface area (Å²) in [6.45, 7) is 0. The van der Waals surface area contributed by atoms with Gasteiger partial charge < -0.3 is 4.90 Å². The average Bonchev–Trinajstić information content (AvgIpc) is 2.01. The van der Waals surface area contributed by atoms with Crippen LogP contribution in [-0.4, -0.2) is 19.1 Å². The number of halogens is 4. The maximum Gasteiger partial charge on any atom is 0.419 e. The predicted octanol–water partition coefficient (Wildman–Crippen LogP) is 2.93. The largest absolute Gasteiger partial charge is 0.419 e. The third kappa shape index (κ3) is 2.37. The highest BCUT2D eigenvalue weighted by atomic mass is 79.9. The number of aromatic nitrogens is 1. The molecule has 0 saturated carbocycles. The van der Waals surface area contributed by atoms with Crippen molar-refractivity contribution >= 4 is 21.7 Å². The highest BCUT2D eigenvalue weighted by Gasteiger charge is 2.35. The van der Waals surface area contributed by atoms with Crippen LogP contribution in [0.1, 0.15) is 5.56 Å². The molecule has 0 aromatic carbocycles. The first-order valence-corrected chi connectivity index (χ1v) is 4.51. The second-order valence-electron chi connectivity index (χ2n) is 2.92. The summed E-state index contributed by atoms with van der Waals surface area (Å²) in [6, 6.07) is 1.02. The van der Waals surface area contributed by atoms with Crippen molar-refractivity contribution in [2.24, 2.45) is 0 Å². The van der Waals surface area contributed by atoms with Gasteiger partial charge in [0, 0.05) is 24.8 Å². The first kappa shape index (κ1) is 11.3. The second kappa shape index (κ2) is 3.76. The predicted molar refractivity (Wildman–Crippen MR) is 51.3 cm³/mol. The molecule has 0 aliphatic carbocycles. The molecule has 0 amide bonds. The number of nitrogens with zero attached hydrogens (tertiary/aromatic N) is 2. The molecular formula is C8H8BrF3N2. The summed E-state index contributed by atoms with van der Waals surface area (Å²) in [5.41, 5.74) is -0.739. The lowest BCUT2D eigenvalue weighted by Gasteiger charge is -2.17. The average molecular weight is 269 g/mol. The molecule has 0 unspecified atom stereocenters. The van der Waals surface area contributed by atoms with Gasteiger partial charge in [-0.25, -0.2) is 4.98 Å². The zero-order valence-corrected chi connectivity index (χ0v) is 9.15. The second-order valence-corrected chi connectivity index (χ2v) is 3.83. The third-order valence-corrected chi connectivity index (χ3v) is 2.00. The minimum absolute atomic E-state index is 0.0827. The van der Waals surface area contributed by atoms with E-state index in [4.69, 9.17) is 0 Å². The van der Waals surface area contributed by atoms with E-state index in [2.05, 4.69) is 20.9 Å². The van der Waals surface area contributed by atoms with E-state index in [-0.39, 0.29) is 5.82 Å². The molecule has 1 aromatic rings. The van der Waals surface area contributed by atoms with Crippen LogP contribution in [0.15, 0.2) is 16.7 Å². The normalized spacial score (nSPS) is 11.6. The Bertz CT molecular complexity index is 336. The van der Waals surface area contributed by atoms with E-state index in [1.165, 1.54) is 25.2 Å². The molecule has 78 valence electrons. The summed E-state index contributed by atoms with van der Waals surface area (Å²) >= 11 is 2.96. The van der Waals surface area contributed by atoms with Crippen molar-refractivity contribution < 1.29 is 13.2 Å². The van der Waals surface area contributed by atoms with Gasteiger partial charge in [0.2, 0.25) is 0 Å². The fourth-order valence-electron chi connectivity index (χ4n) is 0.997. The van der Waals surface area contributed by atoms with Crippen molar-refractivity contribution in [2.45, 2.75) is 6.18 Å². The number of anilines is 1. The lowest BCUT2D eigenvalue weighted by atomic mass is 10.2. The smallest absolute Gasteiger partial charge is 0.362 e. The molecule has 0 aliphatic rings. The molecule has 1 aromatic heterocycles. The summed E-state index contributed by atoms with van der Waals surface area (Å²) in [7, 11) is 3.04. The highest BCUT2D eigenvalue weighted by Crippen LogP contribution is 2.35. The molecule has 0 fully saturated rings. The van der Waals surface area contributed by atoms with Gasteiger partial charge >= 0.3 is 6.18 Å². The maximum atomic E-state index is 12.5. The first-order chi connectivity index (χ1) is 6.32. The number of hydrogen-bond donors (Lipinski definition) is 0.